The van der Waals surface area contributed by atoms with Crippen LogP contribution >= 0.6 is 23.5 Å². The standard InChI is InChI=1S/C13H11NO3S2/c15-10(5-4-9-3-1-2-6-14-9)11(12(16)17)13-18-7-8-19-13/h1-6H,7-8H2,(H,16,17)/b5-4+. The highest BCUT2D eigenvalue weighted by Crippen LogP contribution is 2.39. The molecule has 19 heavy (non-hydrogen) atoms. The summed E-state index contributed by atoms with van der Waals surface area (Å²) in [7, 11) is 0. The maximum Gasteiger partial charge on any atom is 0.341 e. The number of hydrogen-bond acceptors (Lipinski definition) is 5. The summed E-state index contributed by atoms with van der Waals surface area (Å²) in [6.45, 7) is 0. The summed E-state index contributed by atoms with van der Waals surface area (Å²) >= 11 is 2.84. The molecule has 1 aromatic rings. The number of nitrogens with zero attached hydrogens (tertiary/aromatic N) is 1. The summed E-state index contributed by atoms with van der Waals surface area (Å²) in [5, 5.41) is 9.15. The SMILES string of the molecule is O=C(O)C(C(=O)/C=C/c1ccccn1)=C1SCCS1. The monoisotopic (exact) mass is 293 g/mol. The third kappa shape index (κ3) is 3.71. The predicted octanol–water partition coefficient (Wildman–Crippen LogP) is 2.44. The van der Waals surface area contributed by atoms with Crippen molar-refractivity contribution in [3.63, 3.8) is 0 Å². The number of thioether (sulfide) groups is 2. The van der Waals surface area contributed by atoms with E-state index in [-0.39, 0.29) is 5.57 Å². The average molecular weight is 293 g/mol. The molecule has 0 radical (unpaired) electrons. The van der Waals surface area contributed by atoms with Crippen LogP contribution in [0.2, 0.25) is 0 Å². The second-order valence-electron chi connectivity index (χ2n) is 3.62. The van der Waals surface area contributed by atoms with Crippen molar-refractivity contribution in [2.75, 3.05) is 11.5 Å². The first-order valence-electron chi connectivity index (χ1n) is 5.55. The Bertz CT molecular complexity index is 544. The maximum absolute atomic E-state index is 12.0. The van der Waals surface area contributed by atoms with Gasteiger partial charge in [-0.15, -0.1) is 23.5 Å². The Hall–Kier alpha value is -1.53. The fraction of sp³-hybridized carbons (Fsp3) is 0.154. The van der Waals surface area contributed by atoms with Gasteiger partial charge < -0.3 is 5.11 Å². The lowest BCUT2D eigenvalue weighted by Crippen LogP contribution is -2.11. The summed E-state index contributed by atoms with van der Waals surface area (Å²) in [5.41, 5.74) is 0.483. The van der Waals surface area contributed by atoms with Gasteiger partial charge in [-0.25, -0.2) is 4.79 Å². The number of aliphatic carboxylic acids is 1. The molecule has 1 saturated heterocycles. The summed E-state index contributed by atoms with van der Waals surface area (Å²) in [4.78, 5) is 27.2. The zero-order chi connectivity index (χ0) is 13.7. The molecule has 1 fully saturated rings. The highest BCUT2D eigenvalue weighted by Gasteiger charge is 2.24. The number of aromatic nitrogens is 1. The first kappa shape index (κ1) is 13.9. The van der Waals surface area contributed by atoms with Crippen molar-refractivity contribution in [3.8, 4) is 0 Å². The number of ketones is 1. The number of hydrogen-bond donors (Lipinski definition) is 1. The second kappa shape index (κ2) is 6.58. The first-order chi connectivity index (χ1) is 9.18. The lowest BCUT2D eigenvalue weighted by Gasteiger charge is -2.01. The molecule has 0 amide bonds. The molecule has 0 saturated carbocycles. The lowest BCUT2D eigenvalue weighted by molar-refractivity contribution is -0.134. The maximum atomic E-state index is 12.0. The molecule has 4 nitrogen and oxygen atoms in total. The van der Waals surface area contributed by atoms with E-state index in [4.69, 9.17) is 5.11 Å². The van der Waals surface area contributed by atoms with Crippen LogP contribution in [-0.2, 0) is 9.59 Å². The second-order valence-corrected chi connectivity index (χ2v) is 6.09. The van der Waals surface area contributed by atoms with E-state index in [2.05, 4.69) is 4.98 Å². The van der Waals surface area contributed by atoms with E-state index >= 15 is 0 Å². The normalized spacial score (nSPS) is 14.8. The number of pyridine rings is 1. The third-order valence-corrected chi connectivity index (χ3v) is 5.02. The molecular formula is C13H11NO3S2. The molecule has 1 aliphatic rings. The number of carbonyl (C=O) groups excluding carboxylic acids is 1. The van der Waals surface area contributed by atoms with Crippen LogP contribution in [0.25, 0.3) is 6.08 Å². The van der Waals surface area contributed by atoms with Gasteiger partial charge >= 0.3 is 5.97 Å². The van der Waals surface area contributed by atoms with Crippen LogP contribution in [0.5, 0.6) is 0 Å². The van der Waals surface area contributed by atoms with Crippen LogP contribution in [0.4, 0.5) is 0 Å². The van der Waals surface area contributed by atoms with Gasteiger partial charge in [-0.2, -0.15) is 0 Å². The number of carbonyl (C=O) groups is 2. The molecule has 1 aliphatic heterocycles. The van der Waals surface area contributed by atoms with Crippen molar-refractivity contribution in [1.29, 1.82) is 0 Å². The van der Waals surface area contributed by atoms with Gasteiger partial charge in [0.25, 0.3) is 0 Å². The Balaban J connectivity index is 2.20. The molecule has 2 rings (SSSR count). The van der Waals surface area contributed by atoms with E-state index in [1.807, 2.05) is 0 Å². The van der Waals surface area contributed by atoms with Gasteiger partial charge in [0.05, 0.1) is 9.93 Å². The Labute approximate surface area is 119 Å². The minimum absolute atomic E-state index is 0.139. The number of rotatable bonds is 4. The topological polar surface area (TPSA) is 67.3 Å². The van der Waals surface area contributed by atoms with E-state index in [1.165, 1.54) is 35.7 Å². The van der Waals surface area contributed by atoms with Gasteiger partial charge in [0.15, 0.2) is 5.78 Å². The van der Waals surface area contributed by atoms with Gasteiger partial charge in [-0.05, 0) is 24.3 Å². The van der Waals surface area contributed by atoms with Crippen LogP contribution < -0.4 is 0 Å². The summed E-state index contributed by atoms with van der Waals surface area (Å²) < 4.78 is 0.600. The molecule has 0 unspecified atom stereocenters. The highest BCUT2D eigenvalue weighted by atomic mass is 32.2. The van der Waals surface area contributed by atoms with Gasteiger partial charge in [-0.1, -0.05) is 6.07 Å². The Morgan fingerprint density at radius 2 is 2.00 bits per heavy atom. The first-order valence-corrected chi connectivity index (χ1v) is 7.52. The van der Waals surface area contributed by atoms with Gasteiger partial charge in [0.1, 0.15) is 5.57 Å². The summed E-state index contributed by atoms with van der Waals surface area (Å²) in [6.07, 6.45) is 4.40. The molecule has 0 aliphatic carbocycles. The highest BCUT2D eigenvalue weighted by molar-refractivity contribution is 8.25. The third-order valence-electron chi connectivity index (χ3n) is 2.31. The van der Waals surface area contributed by atoms with Crippen molar-refractivity contribution in [2.24, 2.45) is 0 Å². The number of carboxylic acids is 1. The van der Waals surface area contributed by atoms with Crippen LogP contribution in [0.15, 0.2) is 40.3 Å². The zero-order valence-corrected chi connectivity index (χ0v) is 11.5. The smallest absolute Gasteiger partial charge is 0.341 e. The van der Waals surface area contributed by atoms with Crippen LogP contribution in [-0.4, -0.2) is 33.3 Å². The molecule has 6 heteroatoms. The zero-order valence-electron chi connectivity index (χ0n) is 9.91. The molecule has 2 heterocycles. The predicted molar refractivity (Wildman–Crippen MR) is 77.9 cm³/mol. The van der Waals surface area contributed by atoms with Crippen molar-refractivity contribution in [1.82, 2.24) is 4.98 Å². The Kier molecular flexibility index (Phi) is 4.81. The number of allylic oxidation sites excluding steroid dienone is 1. The summed E-state index contributed by atoms with van der Waals surface area (Å²) in [6, 6.07) is 5.32. The van der Waals surface area contributed by atoms with Gasteiger partial charge in [-0.3, -0.25) is 9.78 Å². The Morgan fingerprint density at radius 3 is 2.58 bits per heavy atom. The average Bonchev–Trinajstić information content (AvgIpc) is 2.91. The van der Waals surface area contributed by atoms with E-state index in [0.717, 1.165) is 11.5 Å². The fourth-order valence-corrected chi connectivity index (χ4v) is 4.00. The van der Waals surface area contributed by atoms with Crippen molar-refractivity contribution in [2.45, 2.75) is 0 Å². The Morgan fingerprint density at radius 1 is 1.26 bits per heavy atom. The van der Waals surface area contributed by atoms with Crippen molar-refractivity contribution < 1.29 is 14.7 Å². The van der Waals surface area contributed by atoms with Crippen LogP contribution in [0.3, 0.4) is 0 Å². The van der Waals surface area contributed by atoms with Crippen molar-refractivity contribution in [3.05, 3.63) is 46.0 Å². The quantitative estimate of drug-likeness (QED) is 0.522. The summed E-state index contributed by atoms with van der Waals surface area (Å²) in [5.74, 6) is 0.0183. The van der Waals surface area contributed by atoms with Crippen molar-refractivity contribution >= 4 is 41.4 Å². The number of carboxylic acid groups (broad SMARTS) is 1. The molecule has 1 N–H and O–H groups in total. The molecular weight excluding hydrogens is 282 g/mol. The van der Waals surface area contributed by atoms with Crippen LogP contribution in [0, 0.1) is 0 Å². The molecule has 0 bridgehead atoms. The van der Waals surface area contributed by atoms with E-state index in [0.29, 0.717) is 9.93 Å². The van der Waals surface area contributed by atoms with Gasteiger partial charge in [0.2, 0.25) is 0 Å². The van der Waals surface area contributed by atoms with E-state index in [1.54, 1.807) is 24.4 Å². The van der Waals surface area contributed by atoms with E-state index in [9.17, 15) is 9.59 Å². The molecule has 0 aromatic carbocycles. The minimum atomic E-state index is -1.17. The van der Waals surface area contributed by atoms with Gasteiger partial charge in [0, 0.05) is 17.7 Å². The molecule has 0 spiro atoms. The molecule has 1 aromatic heterocycles. The molecule has 98 valence electrons. The largest absolute Gasteiger partial charge is 0.477 e. The van der Waals surface area contributed by atoms with E-state index < -0.39 is 11.8 Å². The molecule has 0 atom stereocenters. The van der Waals surface area contributed by atoms with Crippen LogP contribution in [0.1, 0.15) is 5.69 Å². The lowest BCUT2D eigenvalue weighted by atomic mass is 10.1. The minimum Gasteiger partial charge on any atom is -0.477 e. The fourth-order valence-electron chi connectivity index (χ4n) is 1.47.